The van der Waals surface area contributed by atoms with Crippen molar-refractivity contribution in [3.05, 3.63) is 47.8 Å². The largest absolute Gasteiger partial charge is 0.349 e. The first kappa shape index (κ1) is 14.5. The first-order chi connectivity index (χ1) is 10.7. The van der Waals surface area contributed by atoms with Crippen LogP contribution in [-0.4, -0.2) is 21.9 Å². The van der Waals surface area contributed by atoms with Gasteiger partial charge < -0.3 is 10.6 Å². The van der Waals surface area contributed by atoms with Crippen molar-refractivity contribution in [2.75, 3.05) is 5.32 Å². The summed E-state index contributed by atoms with van der Waals surface area (Å²) in [4.78, 5) is 20.6. The van der Waals surface area contributed by atoms with Crippen molar-refractivity contribution in [2.45, 2.75) is 38.6 Å². The van der Waals surface area contributed by atoms with Crippen LogP contribution in [0.3, 0.4) is 0 Å². The van der Waals surface area contributed by atoms with Crippen molar-refractivity contribution in [3.8, 4) is 0 Å². The molecule has 3 rings (SSSR count). The van der Waals surface area contributed by atoms with Gasteiger partial charge >= 0.3 is 0 Å². The zero-order chi connectivity index (χ0) is 15.4. The van der Waals surface area contributed by atoms with Crippen LogP contribution in [0.2, 0.25) is 0 Å². The smallest absolute Gasteiger partial charge is 0.254 e. The number of hydrogen-bond donors (Lipinski definition) is 2. The SMILES string of the molecule is Cc1ccccc1Nc1ncc(C(=O)NC2CCCC2)cn1. The quantitative estimate of drug-likeness (QED) is 0.909. The summed E-state index contributed by atoms with van der Waals surface area (Å²) in [5.41, 5.74) is 2.59. The Balaban J connectivity index is 1.64. The number of rotatable bonds is 4. The van der Waals surface area contributed by atoms with Gasteiger partial charge in [-0.3, -0.25) is 4.79 Å². The van der Waals surface area contributed by atoms with Crippen LogP contribution in [0.25, 0.3) is 0 Å². The van der Waals surface area contributed by atoms with Crippen molar-refractivity contribution in [3.63, 3.8) is 0 Å². The molecule has 0 radical (unpaired) electrons. The third-order valence-corrected chi connectivity index (χ3v) is 4.00. The maximum atomic E-state index is 12.1. The summed E-state index contributed by atoms with van der Waals surface area (Å²) in [5.74, 6) is 0.404. The number of carbonyl (C=O) groups is 1. The Kier molecular flexibility index (Phi) is 4.32. The number of benzene rings is 1. The fraction of sp³-hybridized carbons (Fsp3) is 0.353. The van der Waals surface area contributed by atoms with Gasteiger partial charge in [0, 0.05) is 24.1 Å². The molecule has 1 aliphatic rings. The Labute approximate surface area is 130 Å². The average molecular weight is 296 g/mol. The van der Waals surface area contributed by atoms with Crippen LogP contribution in [0, 0.1) is 6.92 Å². The molecule has 0 unspecified atom stereocenters. The molecule has 1 aromatic carbocycles. The number of para-hydroxylation sites is 1. The molecule has 1 fully saturated rings. The first-order valence-corrected chi connectivity index (χ1v) is 7.68. The van der Waals surface area contributed by atoms with Crippen molar-refractivity contribution in [1.29, 1.82) is 0 Å². The third-order valence-electron chi connectivity index (χ3n) is 4.00. The highest BCUT2D eigenvalue weighted by atomic mass is 16.1. The molecule has 1 amide bonds. The van der Waals surface area contributed by atoms with Crippen LogP contribution in [0.1, 0.15) is 41.6 Å². The van der Waals surface area contributed by atoms with Crippen LogP contribution in [-0.2, 0) is 0 Å². The molecule has 22 heavy (non-hydrogen) atoms. The molecule has 0 bridgehead atoms. The highest BCUT2D eigenvalue weighted by Gasteiger charge is 2.18. The summed E-state index contributed by atoms with van der Waals surface area (Å²) >= 11 is 0. The second kappa shape index (κ2) is 6.56. The molecule has 0 spiro atoms. The maximum Gasteiger partial charge on any atom is 0.254 e. The predicted octanol–water partition coefficient (Wildman–Crippen LogP) is 3.20. The number of nitrogens with zero attached hydrogens (tertiary/aromatic N) is 2. The molecule has 1 aromatic heterocycles. The van der Waals surface area contributed by atoms with E-state index in [9.17, 15) is 4.79 Å². The van der Waals surface area contributed by atoms with E-state index in [1.54, 1.807) is 12.4 Å². The molecule has 0 saturated heterocycles. The zero-order valence-electron chi connectivity index (χ0n) is 12.7. The Morgan fingerprint density at radius 3 is 2.50 bits per heavy atom. The van der Waals surface area contributed by atoms with Crippen molar-refractivity contribution in [1.82, 2.24) is 15.3 Å². The van der Waals surface area contributed by atoms with E-state index in [0.717, 1.165) is 24.1 Å². The first-order valence-electron chi connectivity index (χ1n) is 7.68. The van der Waals surface area contributed by atoms with E-state index < -0.39 is 0 Å². The average Bonchev–Trinajstić information content (AvgIpc) is 3.03. The van der Waals surface area contributed by atoms with E-state index in [1.165, 1.54) is 12.8 Å². The summed E-state index contributed by atoms with van der Waals surface area (Å²) in [5, 5.41) is 6.19. The Hall–Kier alpha value is -2.43. The summed E-state index contributed by atoms with van der Waals surface area (Å²) in [6.45, 7) is 2.02. The molecule has 1 heterocycles. The van der Waals surface area contributed by atoms with Gasteiger partial charge in [-0.15, -0.1) is 0 Å². The highest BCUT2D eigenvalue weighted by Crippen LogP contribution is 2.19. The van der Waals surface area contributed by atoms with Gasteiger partial charge in [0.25, 0.3) is 5.91 Å². The molecule has 5 nitrogen and oxygen atoms in total. The van der Waals surface area contributed by atoms with E-state index in [4.69, 9.17) is 0 Å². The number of anilines is 2. The lowest BCUT2D eigenvalue weighted by molar-refractivity contribution is 0.0937. The van der Waals surface area contributed by atoms with Gasteiger partial charge in [0.2, 0.25) is 5.95 Å². The molecule has 0 aliphatic heterocycles. The molecule has 5 heteroatoms. The molecule has 2 N–H and O–H groups in total. The van der Waals surface area contributed by atoms with Crippen LogP contribution < -0.4 is 10.6 Å². The topological polar surface area (TPSA) is 66.9 Å². The summed E-state index contributed by atoms with van der Waals surface area (Å²) in [6.07, 6.45) is 7.66. The van der Waals surface area contributed by atoms with Gasteiger partial charge in [-0.2, -0.15) is 0 Å². The minimum absolute atomic E-state index is 0.0886. The van der Waals surface area contributed by atoms with Gasteiger partial charge in [0.05, 0.1) is 5.56 Å². The number of hydrogen-bond acceptors (Lipinski definition) is 4. The molecular formula is C17H20N4O. The van der Waals surface area contributed by atoms with Crippen LogP contribution >= 0.6 is 0 Å². The van der Waals surface area contributed by atoms with Crippen LogP contribution in [0.5, 0.6) is 0 Å². The third kappa shape index (κ3) is 3.42. The van der Waals surface area contributed by atoms with Crippen molar-refractivity contribution >= 4 is 17.5 Å². The summed E-state index contributed by atoms with van der Waals surface area (Å²) in [7, 11) is 0. The summed E-state index contributed by atoms with van der Waals surface area (Å²) < 4.78 is 0. The lowest BCUT2D eigenvalue weighted by atomic mass is 10.2. The highest BCUT2D eigenvalue weighted by molar-refractivity contribution is 5.93. The number of nitrogens with one attached hydrogen (secondary N) is 2. The molecule has 1 saturated carbocycles. The lowest BCUT2D eigenvalue weighted by Gasteiger charge is -2.12. The van der Waals surface area contributed by atoms with E-state index in [-0.39, 0.29) is 5.91 Å². The standard InChI is InChI=1S/C17H20N4O/c1-12-6-2-5-9-15(12)21-17-18-10-13(11-19-17)16(22)20-14-7-3-4-8-14/h2,5-6,9-11,14H,3-4,7-8H2,1H3,(H,20,22)(H,18,19,21). The molecule has 1 aliphatic carbocycles. The van der Waals surface area contributed by atoms with Crippen molar-refractivity contribution in [2.24, 2.45) is 0 Å². The predicted molar refractivity (Wildman–Crippen MR) is 86.2 cm³/mol. The van der Waals surface area contributed by atoms with Gasteiger partial charge in [0.1, 0.15) is 0 Å². The van der Waals surface area contributed by atoms with E-state index >= 15 is 0 Å². The van der Waals surface area contributed by atoms with Crippen LogP contribution in [0.4, 0.5) is 11.6 Å². The van der Waals surface area contributed by atoms with Gasteiger partial charge in [0.15, 0.2) is 0 Å². The minimum Gasteiger partial charge on any atom is -0.349 e. The van der Waals surface area contributed by atoms with Crippen LogP contribution in [0.15, 0.2) is 36.7 Å². The molecule has 0 atom stereocenters. The molecular weight excluding hydrogens is 276 g/mol. The van der Waals surface area contributed by atoms with E-state index in [2.05, 4.69) is 20.6 Å². The van der Waals surface area contributed by atoms with E-state index in [0.29, 0.717) is 17.6 Å². The molecule has 114 valence electrons. The summed E-state index contributed by atoms with van der Waals surface area (Å²) in [6, 6.07) is 8.24. The Bertz CT molecular complexity index is 648. The van der Waals surface area contributed by atoms with Gasteiger partial charge in [-0.25, -0.2) is 9.97 Å². The van der Waals surface area contributed by atoms with E-state index in [1.807, 2.05) is 31.2 Å². The lowest BCUT2D eigenvalue weighted by Crippen LogP contribution is -2.32. The second-order valence-electron chi connectivity index (χ2n) is 5.69. The number of amides is 1. The number of aromatic nitrogens is 2. The Morgan fingerprint density at radius 2 is 1.82 bits per heavy atom. The monoisotopic (exact) mass is 296 g/mol. The van der Waals surface area contributed by atoms with Gasteiger partial charge in [-0.05, 0) is 31.4 Å². The Morgan fingerprint density at radius 1 is 1.14 bits per heavy atom. The zero-order valence-corrected chi connectivity index (χ0v) is 12.7. The fourth-order valence-corrected chi connectivity index (χ4v) is 2.68. The number of aryl methyl sites for hydroxylation is 1. The van der Waals surface area contributed by atoms with Gasteiger partial charge in [-0.1, -0.05) is 31.0 Å². The van der Waals surface area contributed by atoms with Crippen molar-refractivity contribution < 1.29 is 4.79 Å². The number of carbonyl (C=O) groups excluding carboxylic acids is 1. The normalized spacial score (nSPS) is 14.8. The fourth-order valence-electron chi connectivity index (χ4n) is 2.68. The second-order valence-corrected chi connectivity index (χ2v) is 5.69. The minimum atomic E-state index is -0.0886. The maximum absolute atomic E-state index is 12.1. The molecule has 2 aromatic rings.